The fourth-order valence-electron chi connectivity index (χ4n) is 0.744. The van der Waals surface area contributed by atoms with Gasteiger partial charge in [-0.3, -0.25) is 9.78 Å². The summed E-state index contributed by atoms with van der Waals surface area (Å²) in [7, 11) is 0. The summed E-state index contributed by atoms with van der Waals surface area (Å²) in [6.45, 7) is 0.0884. The molecule has 0 aliphatic heterocycles. The number of amides is 1. The second-order valence-electron chi connectivity index (χ2n) is 2.33. The molecular formula is C7H10N4O. The lowest BCUT2D eigenvalue weighted by atomic mass is 10.4. The van der Waals surface area contributed by atoms with Crippen LogP contribution in [0.5, 0.6) is 0 Å². The first kappa shape index (κ1) is 8.32. The quantitative estimate of drug-likeness (QED) is 0.567. The number of carbonyl (C=O) groups excluding carboxylic acids is 1. The minimum absolute atomic E-state index is 0.0884. The molecule has 5 nitrogen and oxygen atoms in total. The third-order valence-electron chi connectivity index (χ3n) is 1.23. The molecule has 0 atom stereocenters. The molecule has 1 rings (SSSR count). The molecule has 0 aromatic carbocycles. The number of hydrogen-bond acceptors (Lipinski definition) is 4. The summed E-state index contributed by atoms with van der Waals surface area (Å²) in [4.78, 5) is 14.2. The van der Waals surface area contributed by atoms with Crippen molar-refractivity contribution < 1.29 is 4.79 Å². The molecular weight excluding hydrogens is 156 g/mol. The first-order chi connectivity index (χ1) is 5.68. The van der Waals surface area contributed by atoms with Crippen molar-refractivity contribution in [2.24, 2.45) is 5.73 Å². The average molecular weight is 166 g/mol. The minimum atomic E-state index is -0.419. The van der Waals surface area contributed by atoms with Crippen molar-refractivity contribution in [2.75, 3.05) is 17.6 Å². The maximum atomic E-state index is 10.4. The lowest BCUT2D eigenvalue weighted by Crippen LogP contribution is -2.21. The molecule has 1 aromatic rings. The highest BCUT2D eigenvalue weighted by molar-refractivity contribution is 5.78. The Morgan fingerprint density at radius 2 is 2.33 bits per heavy atom. The Balaban J connectivity index is 2.57. The summed E-state index contributed by atoms with van der Waals surface area (Å²) in [6.07, 6.45) is 3.09. The molecule has 0 bridgehead atoms. The van der Waals surface area contributed by atoms with Crippen LogP contribution in [-0.4, -0.2) is 17.4 Å². The maximum Gasteiger partial charge on any atom is 0.236 e. The van der Waals surface area contributed by atoms with E-state index in [0.29, 0.717) is 11.4 Å². The predicted octanol–water partition coefficient (Wildman–Crippen LogP) is -0.439. The molecule has 1 aromatic heterocycles. The van der Waals surface area contributed by atoms with Crippen molar-refractivity contribution >= 4 is 17.3 Å². The number of nitrogen functional groups attached to an aromatic ring is 1. The summed E-state index contributed by atoms with van der Waals surface area (Å²) in [6, 6.07) is 1.68. The van der Waals surface area contributed by atoms with E-state index in [4.69, 9.17) is 11.5 Å². The Kier molecular flexibility index (Phi) is 2.47. The molecule has 5 heteroatoms. The summed E-state index contributed by atoms with van der Waals surface area (Å²) in [5, 5.41) is 2.77. The Bertz CT molecular complexity index is 286. The third kappa shape index (κ3) is 2.45. The van der Waals surface area contributed by atoms with Gasteiger partial charge < -0.3 is 16.8 Å². The van der Waals surface area contributed by atoms with E-state index in [2.05, 4.69) is 10.3 Å². The topological polar surface area (TPSA) is 94.0 Å². The van der Waals surface area contributed by atoms with E-state index in [0.717, 1.165) is 0 Å². The van der Waals surface area contributed by atoms with Crippen LogP contribution in [-0.2, 0) is 4.79 Å². The fraction of sp³-hybridized carbons (Fsp3) is 0.143. The lowest BCUT2D eigenvalue weighted by Gasteiger charge is -2.02. The van der Waals surface area contributed by atoms with Gasteiger partial charge >= 0.3 is 0 Å². The Labute approximate surface area is 69.8 Å². The molecule has 5 N–H and O–H groups in total. The number of nitrogens with two attached hydrogens (primary N) is 2. The first-order valence-corrected chi connectivity index (χ1v) is 3.41. The van der Waals surface area contributed by atoms with E-state index < -0.39 is 5.91 Å². The van der Waals surface area contributed by atoms with Crippen LogP contribution < -0.4 is 16.8 Å². The highest BCUT2D eigenvalue weighted by Crippen LogP contribution is 2.08. The molecule has 0 saturated heterocycles. The first-order valence-electron chi connectivity index (χ1n) is 3.41. The number of rotatable bonds is 3. The number of carbonyl (C=O) groups is 1. The van der Waals surface area contributed by atoms with Crippen LogP contribution in [0.1, 0.15) is 0 Å². The van der Waals surface area contributed by atoms with Crippen molar-refractivity contribution in [1.82, 2.24) is 4.98 Å². The number of primary amides is 1. The SMILES string of the molecule is NC(=O)CNc1cncc(N)c1. The van der Waals surface area contributed by atoms with Gasteiger partial charge in [-0.25, -0.2) is 0 Å². The standard InChI is InChI=1S/C7H10N4O/c8-5-1-6(3-10-2-5)11-4-7(9)12/h1-3,11H,4,8H2,(H2,9,12). The molecule has 1 amide bonds. The highest BCUT2D eigenvalue weighted by Gasteiger charge is 1.95. The molecule has 0 aliphatic carbocycles. The van der Waals surface area contributed by atoms with Crippen LogP contribution in [0.3, 0.4) is 0 Å². The summed E-state index contributed by atoms with van der Waals surface area (Å²) in [5.74, 6) is -0.419. The predicted molar refractivity (Wildman–Crippen MR) is 46.3 cm³/mol. The zero-order valence-corrected chi connectivity index (χ0v) is 6.45. The normalized spacial score (nSPS) is 9.33. The van der Waals surface area contributed by atoms with E-state index in [1.807, 2.05) is 0 Å². The third-order valence-corrected chi connectivity index (χ3v) is 1.23. The number of aromatic nitrogens is 1. The fourth-order valence-corrected chi connectivity index (χ4v) is 0.744. The minimum Gasteiger partial charge on any atom is -0.397 e. The number of nitrogens with one attached hydrogen (secondary N) is 1. The smallest absolute Gasteiger partial charge is 0.236 e. The van der Waals surface area contributed by atoms with Crippen LogP contribution in [0.4, 0.5) is 11.4 Å². The van der Waals surface area contributed by atoms with E-state index in [1.54, 1.807) is 12.3 Å². The van der Waals surface area contributed by atoms with Crippen molar-refractivity contribution in [3.63, 3.8) is 0 Å². The number of anilines is 2. The van der Waals surface area contributed by atoms with E-state index in [-0.39, 0.29) is 6.54 Å². The zero-order valence-electron chi connectivity index (χ0n) is 6.45. The van der Waals surface area contributed by atoms with Crippen molar-refractivity contribution in [3.05, 3.63) is 18.5 Å². The second-order valence-corrected chi connectivity index (χ2v) is 2.33. The zero-order chi connectivity index (χ0) is 8.97. The van der Waals surface area contributed by atoms with E-state index >= 15 is 0 Å². The highest BCUT2D eigenvalue weighted by atomic mass is 16.1. The molecule has 12 heavy (non-hydrogen) atoms. The number of hydrogen-bond donors (Lipinski definition) is 3. The molecule has 1 heterocycles. The largest absolute Gasteiger partial charge is 0.397 e. The van der Waals surface area contributed by atoms with Crippen LogP contribution in [0.2, 0.25) is 0 Å². The van der Waals surface area contributed by atoms with Crippen LogP contribution >= 0.6 is 0 Å². The number of pyridine rings is 1. The summed E-state index contributed by atoms with van der Waals surface area (Å²) < 4.78 is 0. The molecule has 0 spiro atoms. The van der Waals surface area contributed by atoms with Gasteiger partial charge in [-0.2, -0.15) is 0 Å². The van der Waals surface area contributed by atoms with Gasteiger partial charge in [-0.1, -0.05) is 0 Å². The lowest BCUT2D eigenvalue weighted by molar-refractivity contribution is -0.116. The molecule has 64 valence electrons. The molecule has 0 aliphatic rings. The van der Waals surface area contributed by atoms with E-state index in [1.165, 1.54) is 6.20 Å². The van der Waals surface area contributed by atoms with Gasteiger partial charge in [0.15, 0.2) is 0 Å². The monoisotopic (exact) mass is 166 g/mol. The average Bonchev–Trinajstić information content (AvgIpc) is 2.01. The summed E-state index contributed by atoms with van der Waals surface area (Å²) >= 11 is 0. The second kappa shape index (κ2) is 3.56. The Morgan fingerprint density at radius 3 is 2.92 bits per heavy atom. The van der Waals surface area contributed by atoms with Gasteiger partial charge in [0.05, 0.1) is 24.1 Å². The van der Waals surface area contributed by atoms with E-state index in [9.17, 15) is 4.79 Å². The molecule has 0 unspecified atom stereocenters. The van der Waals surface area contributed by atoms with Gasteiger partial charge in [-0.15, -0.1) is 0 Å². The van der Waals surface area contributed by atoms with Gasteiger partial charge in [0.25, 0.3) is 0 Å². The molecule has 0 fully saturated rings. The van der Waals surface area contributed by atoms with Gasteiger partial charge in [0.2, 0.25) is 5.91 Å². The Hall–Kier alpha value is -1.78. The van der Waals surface area contributed by atoms with Gasteiger partial charge in [-0.05, 0) is 6.07 Å². The number of nitrogens with zero attached hydrogens (tertiary/aromatic N) is 1. The van der Waals surface area contributed by atoms with Crippen molar-refractivity contribution in [2.45, 2.75) is 0 Å². The maximum absolute atomic E-state index is 10.4. The Morgan fingerprint density at radius 1 is 1.58 bits per heavy atom. The van der Waals surface area contributed by atoms with Gasteiger partial charge in [0.1, 0.15) is 0 Å². The van der Waals surface area contributed by atoms with Crippen LogP contribution in [0, 0.1) is 0 Å². The van der Waals surface area contributed by atoms with Gasteiger partial charge in [0, 0.05) is 6.20 Å². The van der Waals surface area contributed by atoms with Crippen LogP contribution in [0.25, 0.3) is 0 Å². The van der Waals surface area contributed by atoms with Crippen molar-refractivity contribution in [1.29, 1.82) is 0 Å². The summed E-state index contributed by atoms with van der Waals surface area (Å²) in [5.41, 5.74) is 11.6. The molecule has 0 radical (unpaired) electrons. The van der Waals surface area contributed by atoms with Crippen LogP contribution in [0.15, 0.2) is 18.5 Å². The molecule has 0 saturated carbocycles. The van der Waals surface area contributed by atoms with Crippen molar-refractivity contribution in [3.8, 4) is 0 Å².